The minimum Gasteiger partial charge on any atom is -0.497 e. The second-order valence-corrected chi connectivity index (χ2v) is 12.1. The van der Waals surface area contributed by atoms with E-state index in [1.165, 1.54) is 17.8 Å². The zero-order valence-electron chi connectivity index (χ0n) is 25.1. The molecule has 0 heterocycles. The normalized spacial score (nSPS) is 11.7. The average molecular weight is 683 g/mol. The molecule has 0 aliphatic heterocycles. The van der Waals surface area contributed by atoms with Gasteiger partial charge < -0.3 is 20.7 Å². The number of anilines is 2. The van der Waals surface area contributed by atoms with Crippen molar-refractivity contribution in [2.45, 2.75) is 10.1 Å². The maximum atomic E-state index is 13.7. The van der Waals surface area contributed by atoms with Crippen LogP contribution in [0.3, 0.4) is 0 Å². The zero-order valence-corrected chi connectivity index (χ0v) is 27.4. The number of amides is 3. The summed E-state index contributed by atoms with van der Waals surface area (Å²) in [5.74, 6) is -0.676. The molecule has 0 aliphatic carbocycles. The predicted octanol–water partition coefficient (Wildman–Crippen LogP) is 8.88. The molecule has 0 fully saturated rings. The van der Waals surface area contributed by atoms with Crippen LogP contribution < -0.4 is 20.7 Å². The van der Waals surface area contributed by atoms with Crippen LogP contribution in [-0.2, 0) is 9.59 Å². The smallest absolute Gasteiger partial charge is 0.272 e. The number of carbonyl (C=O) groups excluding carboxylic acids is 3. The zero-order chi connectivity index (χ0) is 33.2. The predicted molar refractivity (Wildman–Crippen MR) is 190 cm³/mol. The van der Waals surface area contributed by atoms with E-state index < -0.39 is 17.1 Å². The van der Waals surface area contributed by atoms with Gasteiger partial charge >= 0.3 is 0 Å². The van der Waals surface area contributed by atoms with Crippen molar-refractivity contribution in [1.82, 2.24) is 5.32 Å². The molecule has 1 unspecified atom stereocenters. The molecule has 5 rings (SSSR count). The third kappa shape index (κ3) is 9.04. The molecule has 0 saturated heterocycles. The third-order valence-corrected chi connectivity index (χ3v) is 8.75. The number of nitrogens with one attached hydrogen (secondary N) is 3. The van der Waals surface area contributed by atoms with Gasteiger partial charge in [-0.2, -0.15) is 0 Å². The van der Waals surface area contributed by atoms with Crippen LogP contribution in [0.1, 0.15) is 26.7 Å². The van der Waals surface area contributed by atoms with E-state index in [1.54, 1.807) is 98.1 Å². The van der Waals surface area contributed by atoms with Gasteiger partial charge in [0, 0.05) is 43.5 Å². The Kier molecular flexibility index (Phi) is 11.4. The van der Waals surface area contributed by atoms with Gasteiger partial charge in [-0.25, -0.2) is 0 Å². The molecule has 0 aromatic heterocycles. The first kappa shape index (κ1) is 33.3. The summed E-state index contributed by atoms with van der Waals surface area (Å²) in [5.41, 5.74) is 2.54. The van der Waals surface area contributed by atoms with Crippen LogP contribution in [-0.4, -0.2) is 24.8 Å². The Bertz CT molecular complexity index is 1900. The standard InChI is InChI=1S/C37H29Cl2N3O4S/c1-46-28-17-8-15-26(21-28)41-37(45)34(24-11-4-2-5-12-24)47-29-18-9-16-27(22-29)40-36(44)33(23-30-31(38)19-10-20-32(30)39)42-35(43)25-13-6-3-7-14-25/h2-23,34H,1H3,(H,40,44)(H,41,45)(H,42,43)/b33-23+. The van der Waals surface area contributed by atoms with Crippen LogP contribution in [0.15, 0.2) is 138 Å². The van der Waals surface area contributed by atoms with Crippen molar-refractivity contribution in [2.24, 2.45) is 0 Å². The third-order valence-electron chi connectivity index (χ3n) is 6.84. The van der Waals surface area contributed by atoms with E-state index in [2.05, 4.69) is 16.0 Å². The number of rotatable bonds is 11. The molecular formula is C37H29Cl2N3O4S. The molecule has 0 aliphatic rings. The molecule has 5 aromatic rings. The van der Waals surface area contributed by atoms with Gasteiger partial charge in [-0.3, -0.25) is 14.4 Å². The van der Waals surface area contributed by atoms with E-state index in [-0.39, 0.29) is 11.6 Å². The Morgan fingerprint density at radius 2 is 1.34 bits per heavy atom. The van der Waals surface area contributed by atoms with E-state index in [9.17, 15) is 14.4 Å². The van der Waals surface area contributed by atoms with Crippen LogP contribution >= 0.6 is 35.0 Å². The van der Waals surface area contributed by atoms with Crippen LogP contribution in [0.2, 0.25) is 10.0 Å². The number of thioether (sulfide) groups is 1. The SMILES string of the molecule is COc1cccc(NC(=O)C(Sc2cccc(NC(=O)/C(=C\c3c(Cl)cccc3Cl)NC(=O)c3ccccc3)c2)c2ccccc2)c1. The Labute approximate surface area is 287 Å². The Hall–Kier alpha value is -5.02. The van der Waals surface area contributed by atoms with Crippen LogP contribution in [0.4, 0.5) is 11.4 Å². The molecule has 7 nitrogen and oxygen atoms in total. The molecule has 3 N–H and O–H groups in total. The van der Waals surface area contributed by atoms with Gasteiger partial charge in [0.2, 0.25) is 5.91 Å². The Morgan fingerprint density at radius 1 is 0.723 bits per heavy atom. The lowest BCUT2D eigenvalue weighted by Crippen LogP contribution is -2.30. The second kappa shape index (κ2) is 16.0. The highest BCUT2D eigenvalue weighted by Crippen LogP contribution is 2.37. The molecule has 0 spiro atoms. The van der Waals surface area contributed by atoms with Crippen molar-refractivity contribution in [3.63, 3.8) is 0 Å². The number of ether oxygens (including phenoxy) is 1. The van der Waals surface area contributed by atoms with E-state index in [1.807, 2.05) is 36.4 Å². The van der Waals surface area contributed by atoms with Gasteiger partial charge in [0.15, 0.2) is 0 Å². The average Bonchev–Trinajstić information content (AvgIpc) is 3.09. The monoisotopic (exact) mass is 681 g/mol. The fourth-order valence-electron chi connectivity index (χ4n) is 4.53. The molecule has 0 radical (unpaired) electrons. The van der Waals surface area contributed by atoms with Crippen molar-refractivity contribution in [3.8, 4) is 5.75 Å². The van der Waals surface area contributed by atoms with Gasteiger partial charge in [0.1, 0.15) is 16.7 Å². The molecule has 0 saturated carbocycles. The molecule has 10 heteroatoms. The number of carbonyl (C=O) groups is 3. The summed E-state index contributed by atoms with van der Waals surface area (Å²) in [7, 11) is 1.57. The summed E-state index contributed by atoms with van der Waals surface area (Å²) < 4.78 is 5.30. The van der Waals surface area contributed by atoms with Gasteiger partial charge in [-0.15, -0.1) is 11.8 Å². The number of benzene rings is 5. The lowest BCUT2D eigenvalue weighted by atomic mass is 10.1. The minimum absolute atomic E-state index is 0.0632. The lowest BCUT2D eigenvalue weighted by Gasteiger charge is -2.18. The van der Waals surface area contributed by atoms with Crippen molar-refractivity contribution in [2.75, 3.05) is 17.7 Å². The fourth-order valence-corrected chi connectivity index (χ4v) is 6.12. The summed E-state index contributed by atoms with van der Waals surface area (Å²) in [6.07, 6.45) is 1.44. The minimum atomic E-state index is -0.615. The first-order chi connectivity index (χ1) is 22.8. The first-order valence-electron chi connectivity index (χ1n) is 14.4. The van der Waals surface area contributed by atoms with E-state index >= 15 is 0 Å². The first-order valence-corrected chi connectivity index (χ1v) is 16.0. The highest BCUT2D eigenvalue weighted by Gasteiger charge is 2.23. The van der Waals surface area contributed by atoms with E-state index in [4.69, 9.17) is 27.9 Å². The maximum absolute atomic E-state index is 13.7. The molecule has 1 atom stereocenters. The van der Waals surface area contributed by atoms with Crippen molar-refractivity contribution >= 4 is 70.1 Å². The van der Waals surface area contributed by atoms with Crippen LogP contribution in [0.5, 0.6) is 5.75 Å². The highest BCUT2D eigenvalue weighted by molar-refractivity contribution is 8.00. The van der Waals surface area contributed by atoms with E-state index in [0.29, 0.717) is 38.3 Å². The summed E-state index contributed by atoms with van der Waals surface area (Å²) in [4.78, 5) is 41.1. The summed E-state index contributed by atoms with van der Waals surface area (Å²) in [6, 6.07) is 37.2. The molecule has 5 aromatic carbocycles. The van der Waals surface area contributed by atoms with Crippen molar-refractivity contribution in [3.05, 3.63) is 160 Å². The van der Waals surface area contributed by atoms with Gasteiger partial charge in [-0.05, 0) is 66.2 Å². The summed E-state index contributed by atoms with van der Waals surface area (Å²) >= 11 is 14.1. The van der Waals surface area contributed by atoms with Crippen molar-refractivity contribution < 1.29 is 19.1 Å². The maximum Gasteiger partial charge on any atom is 0.272 e. The Morgan fingerprint density at radius 3 is 2.02 bits per heavy atom. The largest absolute Gasteiger partial charge is 0.497 e. The number of hydrogen-bond donors (Lipinski definition) is 3. The Balaban J connectivity index is 1.39. The highest BCUT2D eigenvalue weighted by atomic mass is 35.5. The number of methoxy groups -OCH3 is 1. The fraction of sp³-hybridized carbons (Fsp3) is 0.0541. The topological polar surface area (TPSA) is 96.5 Å². The van der Waals surface area contributed by atoms with Crippen LogP contribution in [0.25, 0.3) is 6.08 Å². The van der Waals surface area contributed by atoms with Gasteiger partial charge in [0.05, 0.1) is 7.11 Å². The van der Waals surface area contributed by atoms with E-state index in [0.717, 1.165) is 10.5 Å². The molecule has 236 valence electrons. The molecule has 3 amide bonds. The number of halogens is 2. The second-order valence-electron chi connectivity index (χ2n) is 10.1. The quantitative estimate of drug-likeness (QED) is 0.0956. The lowest BCUT2D eigenvalue weighted by molar-refractivity contribution is -0.116. The molecular weight excluding hydrogens is 653 g/mol. The van der Waals surface area contributed by atoms with Crippen LogP contribution in [0, 0.1) is 0 Å². The van der Waals surface area contributed by atoms with Gasteiger partial charge in [-0.1, -0.05) is 89.9 Å². The summed E-state index contributed by atoms with van der Waals surface area (Å²) in [6.45, 7) is 0. The summed E-state index contributed by atoms with van der Waals surface area (Å²) in [5, 5.41) is 8.55. The van der Waals surface area contributed by atoms with Gasteiger partial charge in [0.25, 0.3) is 11.8 Å². The number of hydrogen-bond acceptors (Lipinski definition) is 5. The molecule has 47 heavy (non-hydrogen) atoms. The van der Waals surface area contributed by atoms with Crippen molar-refractivity contribution in [1.29, 1.82) is 0 Å². The molecule has 0 bridgehead atoms.